The summed E-state index contributed by atoms with van der Waals surface area (Å²) < 4.78 is 13.8. The smallest absolute Gasteiger partial charge is 0.354 e. The van der Waals surface area contributed by atoms with Crippen LogP contribution in [0.4, 0.5) is 4.39 Å². The van der Waals surface area contributed by atoms with Gasteiger partial charge in [-0.1, -0.05) is 0 Å². The zero-order valence-corrected chi connectivity index (χ0v) is 9.88. The van der Waals surface area contributed by atoms with Gasteiger partial charge in [-0.3, -0.25) is 0 Å². The highest BCUT2D eigenvalue weighted by Gasteiger charge is 2.11. The molecule has 0 saturated heterocycles. The van der Waals surface area contributed by atoms with Crippen molar-refractivity contribution in [3.8, 4) is 0 Å². The second kappa shape index (κ2) is 3.83. The predicted molar refractivity (Wildman–Crippen MR) is 61.1 cm³/mol. The average molecular weight is 284 g/mol. The van der Waals surface area contributed by atoms with E-state index in [1.54, 1.807) is 13.0 Å². The van der Waals surface area contributed by atoms with Crippen molar-refractivity contribution in [2.75, 3.05) is 0 Å². The molecular weight excluding hydrogens is 277 g/mol. The maximum atomic E-state index is 13.4. The SMILES string of the molecule is Cc1c(F)cc(Br)c2nc(C(=O)O)ccc12. The summed E-state index contributed by atoms with van der Waals surface area (Å²) in [5.41, 5.74) is 0.862. The number of hydrogen-bond donors (Lipinski definition) is 1. The van der Waals surface area contributed by atoms with Gasteiger partial charge in [-0.05, 0) is 46.6 Å². The van der Waals surface area contributed by atoms with Crippen LogP contribution in [-0.4, -0.2) is 16.1 Å². The molecule has 16 heavy (non-hydrogen) atoms. The Kier molecular flexibility index (Phi) is 2.63. The van der Waals surface area contributed by atoms with Gasteiger partial charge in [0.1, 0.15) is 11.5 Å². The quantitative estimate of drug-likeness (QED) is 0.875. The van der Waals surface area contributed by atoms with Gasteiger partial charge in [-0.25, -0.2) is 14.2 Å². The van der Waals surface area contributed by atoms with Gasteiger partial charge in [-0.15, -0.1) is 0 Å². The average Bonchev–Trinajstić information content (AvgIpc) is 2.25. The molecule has 0 saturated carbocycles. The Morgan fingerprint density at radius 3 is 2.81 bits per heavy atom. The number of aromatic nitrogens is 1. The van der Waals surface area contributed by atoms with Crippen LogP contribution in [0.1, 0.15) is 16.1 Å². The largest absolute Gasteiger partial charge is 0.477 e. The lowest BCUT2D eigenvalue weighted by molar-refractivity contribution is 0.0691. The van der Waals surface area contributed by atoms with Gasteiger partial charge in [0.25, 0.3) is 0 Å². The molecule has 0 unspecified atom stereocenters. The molecule has 1 N–H and O–H groups in total. The van der Waals surface area contributed by atoms with E-state index in [-0.39, 0.29) is 11.5 Å². The van der Waals surface area contributed by atoms with E-state index in [0.717, 1.165) is 0 Å². The summed E-state index contributed by atoms with van der Waals surface area (Å²) in [6.45, 7) is 1.63. The number of carbonyl (C=O) groups is 1. The van der Waals surface area contributed by atoms with E-state index in [1.807, 2.05) is 0 Å². The van der Waals surface area contributed by atoms with Crippen molar-refractivity contribution in [2.45, 2.75) is 6.92 Å². The molecule has 0 amide bonds. The molecule has 3 nitrogen and oxygen atoms in total. The number of nitrogens with zero attached hydrogens (tertiary/aromatic N) is 1. The highest BCUT2D eigenvalue weighted by molar-refractivity contribution is 9.10. The summed E-state index contributed by atoms with van der Waals surface area (Å²) in [5.74, 6) is -1.44. The van der Waals surface area contributed by atoms with Crippen LogP contribution in [0.5, 0.6) is 0 Å². The number of carboxylic acid groups (broad SMARTS) is 1. The molecule has 2 aromatic rings. The van der Waals surface area contributed by atoms with E-state index in [1.165, 1.54) is 12.1 Å². The summed E-state index contributed by atoms with van der Waals surface area (Å²) in [5, 5.41) is 9.42. The molecule has 0 spiro atoms. The maximum Gasteiger partial charge on any atom is 0.354 e. The van der Waals surface area contributed by atoms with Gasteiger partial charge in [0, 0.05) is 9.86 Å². The lowest BCUT2D eigenvalue weighted by Gasteiger charge is -2.06. The number of rotatable bonds is 1. The number of aromatic carboxylic acids is 1. The Balaban J connectivity index is 2.84. The van der Waals surface area contributed by atoms with E-state index in [2.05, 4.69) is 20.9 Å². The third-order valence-corrected chi connectivity index (χ3v) is 2.96. The van der Waals surface area contributed by atoms with E-state index >= 15 is 0 Å². The first-order valence-electron chi connectivity index (χ1n) is 4.49. The molecule has 82 valence electrons. The summed E-state index contributed by atoms with van der Waals surface area (Å²) in [7, 11) is 0. The van der Waals surface area contributed by atoms with Crippen LogP contribution in [0.3, 0.4) is 0 Å². The third kappa shape index (κ3) is 1.67. The van der Waals surface area contributed by atoms with Gasteiger partial charge in [0.15, 0.2) is 0 Å². The number of fused-ring (bicyclic) bond motifs is 1. The molecule has 0 atom stereocenters. The van der Waals surface area contributed by atoms with Crippen LogP contribution in [-0.2, 0) is 0 Å². The van der Waals surface area contributed by atoms with Crippen molar-refractivity contribution in [3.05, 3.63) is 39.7 Å². The number of benzene rings is 1. The minimum atomic E-state index is -1.10. The summed E-state index contributed by atoms with van der Waals surface area (Å²) >= 11 is 3.17. The van der Waals surface area contributed by atoms with E-state index in [4.69, 9.17) is 5.11 Å². The van der Waals surface area contributed by atoms with Crippen molar-refractivity contribution in [3.63, 3.8) is 0 Å². The number of pyridine rings is 1. The molecule has 0 fully saturated rings. The number of hydrogen-bond acceptors (Lipinski definition) is 2. The van der Waals surface area contributed by atoms with Gasteiger partial charge in [0.05, 0.1) is 5.52 Å². The zero-order chi connectivity index (χ0) is 11.9. The van der Waals surface area contributed by atoms with Crippen molar-refractivity contribution < 1.29 is 14.3 Å². The topological polar surface area (TPSA) is 50.2 Å². The van der Waals surface area contributed by atoms with Crippen LogP contribution in [0.25, 0.3) is 10.9 Å². The van der Waals surface area contributed by atoms with Gasteiger partial charge >= 0.3 is 5.97 Å². The van der Waals surface area contributed by atoms with Crippen LogP contribution < -0.4 is 0 Å². The molecule has 2 rings (SSSR count). The molecule has 1 aromatic carbocycles. The Hall–Kier alpha value is -1.49. The summed E-state index contributed by atoms with van der Waals surface area (Å²) in [6, 6.07) is 4.22. The molecule has 0 aliphatic heterocycles. The Morgan fingerprint density at radius 1 is 1.50 bits per heavy atom. The fourth-order valence-electron chi connectivity index (χ4n) is 1.48. The van der Waals surface area contributed by atoms with Crippen molar-refractivity contribution in [1.82, 2.24) is 4.98 Å². The number of carboxylic acids is 1. The molecule has 0 aliphatic carbocycles. The normalized spacial score (nSPS) is 10.7. The van der Waals surface area contributed by atoms with Crippen LogP contribution >= 0.6 is 15.9 Å². The fraction of sp³-hybridized carbons (Fsp3) is 0.0909. The molecule has 0 bridgehead atoms. The predicted octanol–water partition coefficient (Wildman–Crippen LogP) is 3.14. The Morgan fingerprint density at radius 2 is 2.19 bits per heavy atom. The van der Waals surface area contributed by atoms with Crippen molar-refractivity contribution in [1.29, 1.82) is 0 Å². The minimum absolute atomic E-state index is 0.0563. The van der Waals surface area contributed by atoms with Crippen LogP contribution in [0.2, 0.25) is 0 Å². The lowest BCUT2D eigenvalue weighted by Crippen LogP contribution is -2.01. The summed E-state index contributed by atoms with van der Waals surface area (Å²) in [4.78, 5) is 14.7. The second-order valence-electron chi connectivity index (χ2n) is 3.36. The number of aryl methyl sites for hydroxylation is 1. The van der Waals surface area contributed by atoms with E-state index < -0.39 is 5.97 Å². The van der Waals surface area contributed by atoms with Gasteiger partial charge in [-0.2, -0.15) is 0 Å². The first-order chi connectivity index (χ1) is 7.50. The van der Waals surface area contributed by atoms with Crippen LogP contribution in [0.15, 0.2) is 22.7 Å². The highest BCUT2D eigenvalue weighted by atomic mass is 79.9. The van der Waals surface area contributed by atoms with Gasteiger partial charge < -0.3 is 5.11 Å². The van der Waals surface area contributed by atoms with Crippen molar-refractivity contribution >= 4 is 32.8 Å². The zero-order valence-electron chi connectivity index (χ0n) is 8.29. The molecule has 1 heterocycles. The van der Waals surface area contributed by atoms with Crippen molar-refractivity contribution in [2.24, 2.45) is 0 Å². The fourth-order valence-corrected chi connectivity index (χ4v) is 1.98. The van der Waals surface area contributed by atoms with E-state index in [9.17, 15) is 9.18 Å². The number of halogens is 2. The lowest BCUT2D eigenvalue weighted by atomic mass is 10.1. The van der Waals surface area contributed by atoms with Gasteiger partial charge in [0.2, 0.25) is 0 Å². The minimum Gasteiger partial charge on any atom is -0.477 e. The standard InChI is InChI=1S/C11H7BrFNO2/c1-5-6-2-3-9(11(15)16)14-10(6)7(12)4-8(5)13/h2-4H,1H3,(H,15,16). The molecule has 0 radical (unpaired) electrons. The highest BCUT2D eigenvalue weighted by Crippen LogP contribution is 2.27. The second-order valence-corrected chi connectivity index (χ2v) is 4.22. The van der Waals surface area contributed by atoms with E-state index in [0.29, 0.717) is 20.9 Å². The molecule has 0 aliphatic rings. The monoisotopic (exact) mass is 283 g/mol. The molecule has 5 heteroatoms. The Bertz CT molecular complexity index is 598. The Labute approximate surface area is 99.1 Å². The first kappa shape index (κ1) is 11.0. The van der Waals surface area contributed by atoms with Crippen LogP contribution in [0, 0.1) is 12.7 Å². The molecule has 1 aromatic heterocycles. The molecular formula is C11H7BrFNO2. The third-order valence-electron chi connectivity index (χ3n) is 2.36. The first-order valence-corrected chi connectivity index (χ1v) is 5.28. The maximum absolute atomic E-state index is 13.4. The summed E-state index contributed by atoms with van der Waals surface area (Å²) in [6.07, 6.45) is 0.